The number of benzene rings is 2. The van der Waals surface area contributed by atoms with Gasteiger partial charge < -0.3 is 19.5 Å². The van der Waals surface area contributed by atoms with Crippen molar-refractivity contribution in [1.82, 2.24) is 0 Å². The van der Waals surface area contributed by atoms with Crippen LogP contribution in [0.3, 0.4) is 0 Å². The summed E-state index contributed by atoms with van der Waals surface area (Å²) < 4.78 is 39.0. The van der Waals surface area contributed by atoms with E-state index in [4.69, 9.17) is 9.47 Å². The monoisotopic (exact) mass is 417 g/mol. The maximum Gasteiger partial charge on any atom is 0.387 e. The number of hydrogen-bond donors (Lipinski definition) is 1. The lowest BCUT2D eigenvalue weighted by molar-refractivity contribution is -0.142. The van der Waals surface area contributed by atoms with Crippen LogP contribution >= 0.6 is 0 Å². The molecule has 158 valence electrons. The van der Waals surface area contributed by atoms with E-state index in [-0.39, 0.29) is 11.5 Å². The first-order valence-electron chi connectivity index (χ1n) is 9.34. The highest BCUT2D eigenvalue weighted by molar-refractivity contribution is 5.94. The van der Waals surface area contributed by atoms with Crippen LogP contribution < -0.4 is 14.8 Å². The quantitative estimate of drug-likeness (QED) is 0.520. The minimum atomic E-state index is -2.97. The van der Waals surface area contributed by atoms with Gasteiger partial charge in [-0.1, -0.05) is 12.1 Å². The van der Waals surface area contributed by atoms with Gasteiger partial charge in [-0.15, -0.1) is 0 Å². The van der Waals surface area contributed by atoms with Crippen molar-refractivity contribution >= 4 is 23.6 Å². The molecule has 0 spiro atoms. The highest BCUT2D eigenvalue weighted by Crippen LogP contribution is 2.30. The number of aryl methyl sites for hydroxylation is 2. The predicted molar refractivity (Wildman–Crippen MR) is 107 cm³/mol. The minimum absolute atomic E-state index is 0.0968. The van der Waals surface area contributed by atoms with E-state index in [0.717, 1.165) is 25.3 Å². The van der Waals surface area contributed by atoms with Crippen molar-refractivity contribution in [2.45, 2.75) is 25.9 Å². The molecule has 0 saturated heterocycles. The number of carbonyl (C=O) groups is 2. The number of hydrogen-bond acceptors (Lipinski definition) is 5. The van der Waals surface area contributed by atoms with Crippen molar-refractivity contribution in [1.29, 1.82) is 0 Å². The maximum atomic E-state index is 12.4. The molecule has 1 aliphatic rings. The third-order valence-electron chi connectivity index (χ3n) is 4.54. The lowest BCUT2D eigenvalue weighted by Crippen LogP contribution is -2.20. The largest absolute Gasteiger partial charge is 0.493 e. The number of anilines is 1. The number of carbonyl (C=O) groups excluding carboxylic acids is 2. The lowest BCUT2D eigenvalue weighted by atomic mass is 10.1. The topological polar surface area (TPSA) is 73.9 Å². The summed E-state index contributed by atoms with van der Waals surface area (Å²) in [5, 5.41) is 2.71. The van der Waals surface area contributed by atoms with Gasteiger partial charge in [0.1, 0.15) is 0 Å². The van der Waals surface area contributed by atoms with Crippen LogP contribution in [0.4, 0.5) is 14.5 Å². The first kappa shape index (κ1) is 21.3. The molecule has 0 aromatic heterocycles. The van der Waals surface area contributed by atoms with Crippen LogP contribution in [0, 0.1) is 0 Å². The molecule has 2 aromatic carbocycles. The Morgan fingerprint density at radius 1 is 1.10 bits per heavy atom. The van der Waals surface area contributed by atoms with Crippen molar-refractivity contribution in [3.63, 3.8) is 0 Å². The Kier molecular flexibility index (Phi) is 7.00. The van der Waals surface area contributed by atoms with E-state index in [1.807, 2.05) is 18.2 Å². The first-order chi connectivity index (χ1) is 14.4. The van der Waals surface area contributed by atoms with Crippen LogP contribution in [-0.2, 0) is 27.2 Å². The fourth-order valence-electron chi connectivity index (χ4n) is 3.18. The summed E-state index contributed by atoms with van der Waals surface area (Å²) in [6, 6.07) is 9.99. The Morgan fingerprint density at radius 3 is 2.67 bits per heavy atom. The molecule has 1 amide bonds. The summed E-state index contributed by atoms with van der Waals surface area (Å²) in [5.74, 6) is -1.18. The number of methoxy groups -OCH3 is 1. The van der Waals surface area contributed by atoms with E-state index >= 15 is 0 Å². The van der Waals surface area contributed by atoms with Crippen molar-refractivity contribution < 1.29 is 32.6 Å². The number of rotatable bonds is 8. The maximum absolute atomic E-state index is 12.4. The summed E-state index contributed by atoms with van der Waals surface area (Å²) in [6.07, 6.45) is 5.71. The number of esters is 1. The number of ether oxygens (including phenoxy) is 3. The average molecular weight is 417 g/mol. The molecule has 3 rings (SSSR count). The summed E-state index contributed by atoms with van der Waals surface area (Å²) in [7, 11) is 1.31. The molecular formula is C22H21F2NO5. The summed E-state index contributed by atoms with van der Waals surface area (Å²) in [5.41, 5.74) is 3.71. The van der Waals surface area contributed by atoms with Crippen LogP contribution in [0.1, 0.15) is 23.1 Å². The predicted octanol–water partition coefficient (Wildman–Crippen LogP) is 3.98. The van der Waals surface area contributed by atoms with Gasteiger partial charge in [0.2, 0.25) is 0 Å². The molecule has 0 radical (unpaired) electrons. The molecular weight excluding hydrogens is 396 g/mol. The van der Waals surface area contributed by atoms with Gasteiger partial charge in [-0.05, 0) is 66.3 Å². The molecule has 6 nitrogen and oxygen atoms in total. The first-order valence-corrected chi connectivity index (χ1v) is 9.34. The van der Waals surface area contributed by atoms with Gasteiger partial charge in [0.15, 0.2) is 18.1 Å². The van der Waals surface area contributed by atoms with Gasteiger partial charge >= 0.3 is 12.6 Å². The Hall–Kier alpha value is -3.42. The van der Waals surface area contributed by atoms with E-state index in [1.54, 1.807) is 0 Å². The van der Waals surface area contributed by atoms with E-state index in [2.05, 4.69) is 10.1 Å². The van der Waals surface area contributed by atoms with Crippen LogP contribution in [0.15, 0.2) is 42.5 Å². The third kappa shape index (κ3) is 5.79. The normalized spacial score (nSPS) is 12.7. The lowest BCUT2D eigenvalue weighted by Gasteiger charge is -2.10. The zero-order chi connectivity index (χ0) is 21.5. The van der Waals surface area contributed by atoms with Crippen LogP contribution in [0.5, 0.6) is 11.5 Å². The molecule has 1 aliphatic carbocycles. The van der Waals surface area contributed by atoms with Gasteiger partial charge in [0.25, 0.3) is 5.91 Å². The Labute approximate surface area is 172 Å². The molecule has 8 heteroatoms. The molecule has 0 atom stereocenters. The zero-order valence-electron chi connectivity index (χ0n) is 16.3. The highest BCUT2D eigenvalue weighted by Gasteiger charge is 2.13. The SMILES string of the molecule is COc1cc(/C=C/C(=O)OCC(=O)Nc2ccc3c(c2)CCC3)ccc1OC(F)F. The standard InChI is InChI=1S/C22H21F2NO5/c1-28-19-11-14(5-9-18(19)30-22(23)24)6-10-21(27)29-13-20(26)25-17-8-7-15-3-2-4-16(15)12-17/h5-12,22H,2-4,13H2,1H3,(H,25,26)/b10-6+. The number of alkyl halides is 2. The van der Waals surface area contributed by atoms with Crippen LogP contribution in [-0.4, -0.2) is 32.2 Å². The number of amides is 1. The molecule has 0 saturated carbocycles. The van der Waals surface area contributed by atoms with E-state index in [1.165, 1.54) is 42.5 Å². The fraction of sp³-hybridized carbons (Fsp3) is 0.273. The number of fused-ring (bicyclic) bond motifs is 1. The molecule has 0 bridgehead atoms. The number of nitrogens with one attached hydrogen (secondary N) is 1. The summed E-state index contributed by atoms with van der Waals surface area (Å²) >= 11 is 0. The van der Waals surface area contributed by atoms with E-state index in [0.29, 0.717) is 11.3 Å². The molecule has 0 fully saturated rings. The van der Waals surface area contributed by atoms with Crippen molar-refractivity contribution in [3.05, 3.63) is 59.2 Å². The molecule has 1 N–H and O–H groups in total. The second kappa shape index (κ2) is 9.87. The van der Waals surface area contributed by atoms with Crippen LogP contribution in [0.25, 0.3) is 6.08 Å². The second-order valence-corrected chi connectivity index (χ2v) is 6.62. The van der Waals surface area contributed by atoms with Gasteiger partial charge in [0, 0.05) is 11.8 Å². The smallest absolute Gasteiger partial charge is 0.387 e. The molecule has 0 aliphatic heterocycles. The molecule has 2 aromatic rings. The van der Waals surface area contributed by atoms with Gasteiger partial charge in [-0.2, -0.15) is 8.78 Å². The second-order valence-electron chi connectivity index (χ2n) is 6.62. The third-order valence-corrected chi connectivity index (χ3v) is 4.54. The van der Waals surface area contributed by atoms with Gasteiger partial charge in [-0.3, -0.25) is 4.79 Å². The Morgan fingerprint density at radius 2 is 1.90 bits per heavy atom. The van der Waals surface area contributed by atoms with Crippen molar-refractivity contribution in [2.24, 2.45) is 0 Å². The van der Waals surface area contributed by atoms with E-state index in [9.17, 15) is 18.4 Å². The molecule has 30 heavy (non-hydrogen) atoms. The summed E-state index contributed by atoms with van der Waals surface area (Å²) in [4.78, 5) is 23.8. The molecule has 0 unspecified atom stereocenters. The zero-order valence-corrected chi connectivity index (χ0v) is 16.3. The minimum Gasteiger partial charge on any atom is -0.493 e. The van der Waals surface area contributed by atoms with Gasteiger partial charge in [-0.25, -0.2) is 4.79 Å². The van der Waals surface area contributed by atoms with Crippen LogP contribution in [0.2, 0.25) is 0 Å². The number of halogens is 2. The Balaban J connectivity index is 1.50. The van der Waals surface area contributed by atoms with E-state index < -0.39 is 25.1 Å². The molecule has 0 heterocycles. The fourth-order valence-corrected chi connectivity index (χ4v) is 3.18. The van der Waals surface area contributed by atoms with Gasteiger partial charge in [0.05, 0.1) is 7.11 Å². The Bertz CT molecular complexity index is 959. The summed E-state index contributed by atoms with van der Waals surface area (Å²) in [6.45, 7) is -3.40. The van der Waals surface area contributed by atoms with Crippen molar-refractivity contribution in [2.75, 3.05) is 19.0 Å². The highest BCUT2D eigenvalue weighted by atomic mass is 19.3. The van der Waals surface area contributed by atoms with Crippen molar-refractivity contribution in [3.8, 4) is 11.5 Å². The average Bonchev–Trinajstić information content (AvgIpc) is 3.19.